The SMILES string of the molecule is CC1CCC(C(=O)Oc2cc[c-]cc2)CC1.[Y].[Y]. The van der Waals surface area contributed by atoms with Crippen molar-refractivity contribution in [3.8, 4) is 5.75 Å². The largest absolute Gasteiger partial charge is 0.453 e. The molecule has 0 saturated heterocycles. The summed E-state index contributed by atoms with van der Waals surface area (Å²) >= 11 is 0. The van der Waals surface area contributed by atoms with Crippen LogP contribution in [0.2, 0.25) is 0 Å². The van der Waals surface area contributed by atoms with Gasteiger partial charge in [0.05, 0.1) is 5.92 Å². The average Bonchev–Trinajstić information content (AvgIpc) is 2.31. The van der Waals surface area contributed by atoms with Gasteiger partial charge < -0.3 is 4.74 Å². The van der Waals surface area contributed by atoms with Crippen LogP contribution in [0.1, 0.15) is 32.6 Å². The first kappa shape index (κ1) is 18.9. The Morgan fingerprint density at radius 2 is 1.72 bits per heavy atom. The number of carbonyl (C=O) groups is 1. The Hall–Kier alpha value is 0.898. The zero-order valence-corrected chi connectivity index (χ0v) is 16.4. The van der Waals surface area contributed by atoms with Crippen molar-refractivity contribution in [3.63, 3.8) is 0 Å². The Labute approximate surface area is 159 Å². The summed E-state index contributed by atoms with van der Waals surface area (Å²) in [5, 5.41) is 0. The van der Waals surface area contributed by atoms with Gasteiger partial charge in [-0.05, 0) is 31.6 Å². The second kappa shape index (κ2) is 9.75. The average molecular weight is 395 g/mol. The maximum Gasteiger partial charge on any atom is 0.312 e. The molecule has 1 aliphatic rings. The van der Waals surface area contributed by atoms with E-state index in [0.29, 0.717) is 5.75 Å². The predicted molar refractivity (Wildman–Crippen MR) is 62.0 cm³/mol. The molecule has 0 amide bonds. The third kappa shape index (κ3) is 5.90. The minimum absolute atomic E-state index is 0. The van der Waals surface area contributed by atoms with E-state index in [1.807, 2.05) is 0 Å². The molecular weight excluding hydrogens is 378 g/mol. The van der Waals surface area contributed by atoms with Gasteiger partial charge in [0.25, 0.3) is 0 Å². The van der Waals surface area contributed by atoms with Crippen LogP contribution in [-0.2, 0) is 70.2 Å². The summed E-state index contributed by atoms with van der Waals surface area (Å²) < 4.78 is 5.33. The molecular formula is C14H17O2Y2-. The normalized spacial score (nSPS) is 22.3. The van der Waals surface area contributed by atoms with Crippen LogP contribution in [0.5, 0.6) is 5.75 Å². The smallest absolute Gasteiger partial charge is 0.312 e. The van der Waals surface area contributed by atoms with Crippen molar-refractivity contribution in [1.82, 2.24) is 0 Å². The number of benzene rings is 1. The minimum Gasteiger partial charge on any atom is -0.453 e. The fourth-order valence-corrected chi connectivity index (χ4v) is 2.13. The van der Waals surface area contributed by atoms with E-state index in [1.165, 1.54) is 0 Å². The molecule has 4 heteroatoms. The molecule has 0 N–H and O–H groups in total. The third-order valence-corrected chi connectivity index (χ3v) is 3.26. The van der Waals surface area contributed by atoms with E-state index in [4.69, 9.17) is 4.74 Å². The van der Waals surface area contributed by atoms with Gasteiger partial charge in [-0.3, -0.25) is 4.79 Å². The minimum atomic E-state index is -0.0712. The summed E-state index contributed by atoms with van der Waals surface area (Å²) in [4.78, 5) is 11.8. The molecule has 1 fully saturated rings. The number of ether oxygens (including phenoxy) is 1. The molecule has 0 aromatic heterocycles. The Balaban J connectivity index is 0.00000144. The van der Waals surface area contributed by atoms with Crippen LogP contribution < -0.4 is 4.74 Å². The third-order valence-electron chi connectivity index (χ3n) is 3.26. The van der Waals surface area contributed by atoms with Crippen molar-refractivity contribution in [2.45, 2.75) is 32.6 Å². The number of carbonyl (C=O) groups excluding carboxylic acids is 1. The molecule has 1 aromatic rings. The fourth-order valence-electron chi connectivity index (χ4n) is 2.13. The molecule has 0 spiro atoms. The van der Waals surface area contributed by atoms with Crippen LogP contribution >= 0.6 is 0 Å². The Morgan fingerprint density at radius 1 is 1.17 bits per heavy atom. The first-order valence-corrected chi connectivity index (χ1v) is 5.93. The molecule has 2 rings (SSSR count). The van der Waals surface area contributed by atoms with Crippen molar-refractivity contribution in [1.29, 1.82) is 0 Å². The number of esters is 1. The van der Waals surface area contributed by atoms with Gasteiger partial charge in [0.15, 0.2) is 0 Å². The number of hydrogen-bond acceptors (Lipinski definition) is 2. The molecule has 1 aromatic carbocycles. The van der Waals surface area contributed by atoms with Crippen molar-refractivity contribution in [3.05, 3.63) is 30.3 Å². The van der Waals surface area contributed by atoms with Crippen LogP contribution in [0.25, 0.3) is 0 Å². The van der Waals surface area contributed by atoms with E-state index < -0.39 is 0 Å². The van der Waals surface area contributed by atoms with Gasteiger partial charge in [-0.15, -0.1) is 12.1 Å². The zero-order valence-electron chi connectivity index (χ0n) is 10.8. The molecule has 2 nitrogen and oxygen atoms in total. The molecule has 2 radical (unpaired) electrons. The van der Waals surface area contributed by atoms with Gasteiger partial charge in [-0.25, -0.2) is 0 Å². The molecule has 0 unspecified atom stereocenters. The number of hydrogen-bond donors (Lipinski definition) is 0. The maximum atomic E-state index is 11.8. The van der Waals surface area contributed by atoms with Crippen LogP contribution in [-0.4, -0.2) is 5.97 Å². The Morgan fingerprint density at radius 3 is 2.28 bits per heavy atom. The van der Waals surface area contributed by atoms with Gasteiger partial charge >= 0.3 is 5.97 Å². The van der Waals surface area contributed by atoms with E-state index in [2.05, 4.69) is 13.0 Å². The summed E-state index contributed by atoms with van der Waals surface area (Å²) in [6.45, 7) is 2.24. The standard InChI is InChI=1S/C14H17O2.2Y/c1-11-7-9-12(10-8-11)14(15)16-13-5-3-2-4-6-13;;/h3-6,11-12H,7-10H2,1H3;;/q-1;;. The van der Waals surface area contributed by atoms with Crippen LogP contribution in [0.15, 0.2) is 24.3 Å². The van der Waals surface area contributed by atoms with Gasteiger partial charge in [-0.1, -0.05) is 6.92 Å². The number of rotatable bonds is 2. The molecule has 0 bridgehead atoms. The molecule has 18 heavy (non-hydrogen) atoms. The van der Waals surface area contributed by atoms with Gasteiger partial charge in [0.2, 0.25) is 0 Å². The molecule has 0 heterocycles. The Bertz CT molecular complexity index is 346. The summed E-state index contributed by atoms with van der Waals surface area (Å²) in [6.07, 6.45) is 4.22. The van der Waals surface area contributed by atoms with Gasteiger partial charge in [-0.2, -0.15) is 18.2 Å². The van der Waals surface area contributed by atoms with Crippen LogP contribution in [0.3, 0.4) is 0 Å². The van der Waals surface area contributed by atoms with E-state index >= 15 is 0 Å². The van der Waals surface area contributed by atoms with Gasteiger partial charge in [0.1, 0.15) is 0 Å². The van der Waals surface area contributed by atoms with E-state index in [1.54, 1.807) is 24.3 Å². The van der Waals surface area contributed by atoms with Crippen molar-refractivity contribution in [2.75, 3.05) is 0 Å². The van der Waals surface area contributed by atoms with Crippen molar-refractivity contribution < 1.29 is 74.9 Å². The van der Waals surface area contributed by atoms with Crippen molar-refractivity contribution in [2.24, 2.45) is 11.8 Å². The molecule has 0 aliphatic heterocycles. The fraction of sp³-hybridized carbons (Fsp3) is 0.500. The van der Waals surface area contributed by atoms with Gasteiger partial charge in [0, 0.05) is 71.2 Å². The maximum absolute atomic E-state index is 11.8. The summed E-state index contributed by atoms with van der Waals surface area (Å²) in [7, 11) is 0. The monoisotopic (exact) mass is 395 g/mol. The van der Waals surface area contributed by atoms with Crippen molar-refractivity contribution >= 4 is 5.97 Å². The van der Waals surface area contributed by atoms with E-state index in [0.717, 1.165) is 31.6 Å². The predicted octanol–water partition coefficient (Wildman–Crippen LogP) is 3.21. The summed E-state index contributed by atoms with van der Waals surface area (Å²) in [5.74, 6) is 1.41. The molecule has 1 saturated carbocycles. The summed E-state index contributed by atoms with van der Waals surface area (Å²) in [5.41, 5.74) is 0. The second-order valence-corrected chi connectivity index (χ2v) is 4.61. The first-order valence-electron chi connectivity index (χ1n) is 5.93. The first-order chi connectivity index (χ1) is 7.75. The van der Waals surface area contributed by atoms with Crippen LogP contribution in [0.4, 0.5) is 0 Å². The zero-order chi connectivity index (χ0) is 11.4. The Kier molecular flexibility index (Phi) is 10.2. The van der Waals surface area contributed by atoms with E-state index in [-0.39, 0.29) is 77.3 Å². The second-order valence-electron chi connectivity index (χ2n) is 4.61. The van der Waals surface area contributed by atoms with Crippen LogP contribution in [0, 0.1) is 17.9 Å². The van der Waals surface area contributed by atoms with E-state index in [9.17, 15) is 4.79 Å². The topological polar surface area (TPSA) is 26.3 Å². The molecule has 1 aliphatic carbocycles. The summed E-state index contributed by atoms with van der Waals surface area (Å²) in [6, 6.07) is 9.95. The quantitative estimate of drug-likeness (QED) is 0.437. The molecule has 92 valence electrons. The molecule has 0 atom stereocenters.